The zero-order valence-electron chi connectivity index (χ0n) is 9.55. The summed E-state index contributed by atoms with van der Waals surface area (Å²) >= 11 is 0. The van der Waals surface area contributed by atoms with Crippen molar-refractivity contribution in [3.05, 3.63) is 0 Å². The number of ketones is 1. The third kappa shape index (κ3) is 3.95. The van der Waals surface area contributed by atoms with Crippen LogP contribution in [0, 0.1) is 5.92 Å². The first-order valence-corrected chi connectivity index (χ1v) is 5.33. The molecule has 15 heavy (non-hydrogen) atoms. The van der Waals surface area contributed by atoms with Gasteiger partial charge in [-0.15, -0.1) is 0 Å². The molecular weight excluding hydrogens is 194 g/mol. The van der Waals surface area contributed by atoms with E-state index >= 15 is 0 Å². The molecule has 5 nitrogen and oxygen atoms in total. The van der Waals surface area contributed by atoms with Crippen LogP contribution >= 0.6 is 0 Å². The van der Waals surface area contributed by atoms with Gasteiger partial charge in [-0.25, -0.2) is 0 Å². The van der Waals surface area contributed by atoms with Crippen LogP contribution in [0.4, 0.5) is 0 Å². The lowest BCUT2D eigenvalue weighted by molar-refractivity contribution is -0.118. The second-order valence-electron chi connectivity index (χ2n) is 4.49. The highest BCUT2D eigenvalue weighted by Crippen LogP contribution is 2.12. The van der Waals surface area contributed by atoms with Gasteiger partial charge in [0.05, 0.1) is 19.2 Å². The molecule has 0 aromatic heterocycles. The van der Waals surface area contributed by atoms with Crippen LogP contribution in [0.25, 0.3) is 0 Å². The highest BCUT2D eigenvalue weighted by atomic mass is 16.3. The van der Waals surface area contributed by atoms with Crippen molar-refractivity contribution in [3.8, 4) is 0 Å². The number of carbonyl (C=O) groups is 1. The molecule has 1 heterocycles. The number of carbonyl (C=O) groups excluding carboxylic acids is 1. The zero-order chi connectivity index (χ0) is 11.4. The predicted molar refractivity (Wildman–Crippen MR) is 56.4 cm³/mol. The molecule has 0 fully saturated rings. The first kappa shape index (κ1) is 12.1. The maximum absolute atomic E-state index is 11.0. The molecule has 0 spiro atoms. The Morgan fingerprint density at radius 1 is 1.60 bits per heavy atom. The molecule has 0 aromatic carbocycles. The van der Waals surface area contributed by atoms with Crippen molar-refractivity contribution in [2.24, 2.45) is 16.3 Å². The number of β-amino-alcohol motifs (C(OH)–C–C–N with tert-alkyl or cyclic N) is 1. The number of hydrogen-bond donors (Lipinski definition) is 1. The van der Waals surface area contributed by atoms with Crippen LogP contribution in [-0.4, -0.2) is 41.1 Å². The van der Waals surface area contributed by atoms with Crippen molar-refractivity contribution in [1.82, 2.24) is 5.01 Å². The summed E-state index contributed by atoms with van der Waals surface area (Å²) in [7, 11) is 0. The van der Waals surface area contributed by atoms with Gasteiger partial charge in [-0.05, 0) is 19.3 Å². The fourth-order valence-corrected chi connectivity index (χ4v) is 1.59. The number of aliphatic hydroxyl groups is 1. The van der Waals surface area contributed by atoms with Gasteiger partial charge in [0.2, 0.25) is 0 Å². The summed E-state index contributed by atoms with van der Waals surface area (Å²) in [5.74, 6) is 0.489. The molecule has 0 amide bonds. The number of Topliss-reactive ketones (excluding diaryl/α,β-unsaturated/α-hetero) is 1. The third-order valence-electron chi connectivity index (χ3n) is 2.34. The maximum atomic E-state index is 11.0. The summed E-state index contributed by atoms with van der Waals surface area (Å²) < 4.78 is 0. The molecule has 86 valence electrons. The Balaban J connectivity index is 2.30. The molecule has 0 aromatic rings. The number of nitrogens with zero attached hydrogens (tertiary/aromatic N) is 3. The van der Waals surface area contributed by atoms with Crippen LogP contribution in [0.2, 0.25) is 0 Å². The number of aliphatic hydroxyl groups excluding tert-OH is 1. The maximum Gasteiger partial charge on any atom is 0.158 e. The Kier molecular flexibility index (Phi) is 4.20. The van der Waals surface area contributed by atoms with E-state index < -0.39 is 6.10 Å². The van der Waals surface area contributed by atoms with Crippen molar-refractivity contribution in [1.29, 1.82) is 0 Å². The van der Waals surface area contributed by atoms with Gasteiger partial charge >= 0.3 is 0 Å². The minimum Gasteiger partial charge on any atom is -0.391 e. The predicted octanol–water partition coefficient (Wildman–Crippen LogP) is 1.03. The summed E-state index contributed by atoms with van der Waals surface area (Å²) in [5, 5.41) is 19.0. The van der Waals surface area contributed by atoms with Crippen molar-refractivity contribution < 1.29 is 9.90 Å². The average Bonchev–Trinajstić information content (AvgIpc) is 2.50. The molecule has 1 aliphatic heterocycles. The highest BCUT2D eigenvalue weighted by molar-refractivity contribution is 5.81. The quantitative estimate of drug-likeness (QED) is 0.742. The Labute approximate surface area is 90.2 Å². The van der Waals surface area contributed by atoms with E-state index in [0.29, 0.717) is 19.0 Å². The van der Waals surface area contributed by atoms with Crippen molar-refractivity contribution in [2.45, 2.75) is 39.3 Å². The van der Waals surface area contributed by atoms with Crippen LogP contribution < -0.4 is 0 Å². The van der Waals surface area contributed by atoms with Crippen LogP contribution in [-0.2, 0) is 4.79 Å². The lowest BCUT2D eigenvalue weighted by Crippen LogP contribution is -2.32. The number of hydrogen-bond acceptors (Lipinski definition) is 5. The van der Waals surface area contributed by atoms with Gasteiger partial charge in [-0.3, -0.25) is 9.80 Å². The van der Waals surface area contributed by atoms with Gasteiger partial charge in [0, 0.05) is 0 Å². The van der Waals surface area contributed by atoms with E-state index in [2.05, 4.69) is 24.2 Å². The Hall–Kier alpha value is -0.970. The molecule has 0 aliphatic carbocycles. The van der Waals surface area contributed by atoms with E-state index in [9.17, 15) is 9.90 Å². The summed E-state index contributed by atoms with van der Waals surface area (Å²) in [6.45, 7) is 6.61. The van der Waals surface area contributed by atoms with Crippen LogP contribution in [0.15, 0.2) is 10.3 Å². The molecule has 2 atom stereocenters. The molecule has 2 unspecified atom stereocenters. The van der Waals surface area contributed by atoms with Crippen LogP contribution in [0.3, 0.4) is 0 Å². The molecule has 0 radical (unpaired) electrons. The standard InChI is InChI=1S/C10H19N3O2/c1-7(2)4-9(15)5-13-6-10(8(3)14)11-12-13/h7,9-10,15H,4-6H2,1-3H3. The molecule has 0 bridgehead atoms. The minimum atomic E-state index is -0.394. The third-order valence-corrected chi connectivity index (χ3v) is 2.34. The lowest BCUT2D eigenvalue weighted by atomic mass is 10.1. The molecular formula is C10H19N3O2. The fraction of sp³-hybridized carbons (Fsp3) is 0.900. The van der Waals surface area contributed by atoms with Gasteiger partial charge < -0.3 is 5.11 Å². The van der Waals surface area contributed by atoms with Crippen molar-refractivity contribution in [3.63, 3.8) is 0 Å². The monoisotopic (exact) mass is 213 g/mol. The van der Waals surface area contributed by atoms with Gasteiger partial charge in [0.25, 0.3) is 0 Å². The molecule has 0 saturated carbocycles. The Morgan fingerprint density at radius 2 is 2.27 bits per heavy atom. The Morgan fingerprint density at radius 3 is 2.73 bits per heavy atom. The normalized spacial score (nSPS) is 22.5. The zero-order valence-corrected chi connectivity index (χ0v) is 9.55. The lowest BCUT2D eigenvalue weighted by Gasteiger charge is -2.18. The fourth-order valence-electron chi connectivity index (χ4n) is 1.59. The summed E-state index contributed by atoms with van der Waals surface area (Å²) in [5.41, 5.74) is 0. The molecule has 1 aliphatic rings. The van der Waals surface area contributed by atoms with E-state index in [1.54, 1.807) is 5.01 Å². The second-order valence-corrected chi connectivity index (χ2v) is 4.49. The Bertz CT molecular complexity index is 253. The molecule has 1 N–H and O–H groups in total. The minimum absolute atomic E-state index is 0.0274. The average molecular weight is 213 g/mol. The summed E-state index contributed by atoms with van der Waals surface area (Å²) in [4.78, 5) is 11.0. The summed E-state index contributed by atoms with van der Waals surface area (Å²) in [6, 6.07) is -0.337. The van der Waals surface area contributed by atoms with Gasteiger partial charge in [0.1, 0.15) is 6.04 Å². The van der Waals surface area contributed by atoms with Crippen molar-refractivity contribution in [2.75, 3.05) is 13.1 Å². The SMILES string of the molecule is CC(=O)C1CN(CC(O)CC(C)C)N=N1. The smallest absolute Gasteiger partial charge is 0.158 e. The van der Waals surface area contributed by atoms with Gasteiger partial charge in [-0.1, -0.05) is 19.1 Å². The van der Waals surface area contributed by atoms with Crippen LogP contribution in [0.1, 0.15) is 27.2 Å². The van der Waals surface area contributed by atoms with E-state index in [0.717, 1.165) is 6.42 Å². The van der Waals surface area contributed by atoms with E-state index in [-0.39, 0.29) is 11.8 Å². The van der Waals surface area contributed by atoms with E-state index in [1.165, 1.54) is 6.92 Å². The van der Waals surface area contributed by atoms with E-state index in [1.807, 2.05) is 0 Å². The molecule has 1 rings (SSSR count). The highest BCUT2D eigenvalue weighted by Gasteiger charge is 2.24. The number of rotatable bonds is 5. The molecule has 5 heteroatoms. The van der Waals surface area contributed by atoms with Crippen LogP contribution in [0.5, 0.6) is 0 Å². The van der Waals surface area contributed by atoms with Crippen molar-refractivity contribution >= 4 is 5.78 Å². The second kappa shape index (κ2) is 5.21. The van der Waals surface area contributed by atoms with Gasteiger partial charge in [0.15, 0.2) is 5.78 Å². The summed E-state index contributed by atoms with van der Waals surface area (Å²) in [6.07, 6.45) is 0.353. The topological polar surface area (TPSA) is 65.3 Å². The molecule has 0 saturated heterocycles. The largest absolute Gasteiger partial charge is 0.391 e. The van der Waals surface area contributed by atoms with Gasteiger partial charge in [-0.2, -0.15) is 5.11 Å². The van der Waals surface area contributed by atoms with E-state index in [4.69, 9.17) is 0 Å². The first-order chi connectivity index (χ1) is 6.99. The first-order valence-electron chi connectivity index (χ1n) is 5.33.